The first-order chi connectivity index (χ1) is 7.15. The molecule has 0 fully saturated rings. The molecule has 0 aliphatic carbocycles. The molecule has 0 bridgehead atoms. The monoisotopic (exact) mass is 352 g/mol. The van der Waals surface area contributed by atoms with Crippen LogP contribution in [0.1, 0.15) is 29.6 Å². The van der Waals surface area contributed by atoms with E-state index in [-0.39, 0.29) is 5.78 Å². The van der Waals surface area contributed by atoms with Gasteiger partial charge >= 0.3 is 0 Å². The quantitative estimate of drug-likeness (QED) is 0.420. The molecule has 0 aromatic heterocycles. The number of hydrogen-bond donors (Lipinski definition) is 0. The number of alkyl halides is 1. The lowest BCUT2D eigenvalue weighted by molar-refractivity contribution is 0.0980. The van der Waals surface area contributed by atoms with Crippen LogP contribution in [0.3, 0.4) is 0 Å². The van der Waals surface area contributed by atoms with Gasteiger partial charge in [0.25, 0.3) is 0 Å². The van der Waals surface area contributed by atoms with E-state index in [4.69, 9.17) is 11.6 Å². The molecule has 1 aromatic carbocycles. The molecule has 0 unspecified atom stereocenters. The number of rotatable bonds is 5. The summed E-state index contributed by atoms with van der Waals surface area (Å²) in [4.78, 5) is 11.7. The Balaban J connectivity index is 2.65. The Morgan fingerprint density at radius 3 is 2.67 bits per heavy atom. The fourth-order valence-electron chi connectivity index (χ4n) is 1.23. The normalized spacial score (nSPS) is 10.3. The first-order valence-corrected chi connectivity index (χ1v) is 6.98. The topological polar surface area (TPSA) is 17.1 Å². The third kappa shape index (κ3) is 4.25. The van der Waals surface area contributed by atoms with E-state index in [1.807, 2.05) is 6.07 Å². The smallest absolute Gasteiger partial charge is 0.164 e. The second kappa shape index (κ2) is 6.66. The minimum atomic E-state index is 0.119. The van der Waals surface area contributed by atoms with Crippen LogP contribution in [0.5, 0.6) is 0 Å². The number of unbranched alkanes of at least 4 members (excludes halogenated alkanes) is 1. The lowest BCUT2D eigenvalue weighted by atomic mass is 10.1. The van der Waals surface area contributed by atoms with Gasteiger partial charge in [0.1, 0.15) is 0 Å². The molecule has 1 aromatic rings. The molecule has 15 heavy (non-hydrogen) atoms. The van der Waals surface area contributed by atoms with Crippen LogP contribution >= 0.6 is 43.5 Å². The number of carbonyl (C=O) groups excluding carboxylic acids is 1. The number of halogens is 3. The van der Waals surface area contributed by atoms with Gasteiger partial charge in [-0.3, -0.25) is 4.79 Å². The van der Waals surface area contributed by atoms with Crippen LogP contribution in [0.2, 0.25) is 5.02 Å². The van der Waals surface area contributed by atoms with E-state index in [1.54, 1.807) is 12.1 Å². The summed E-state index contributed by atoms with van der Waals surface area (Å²) in [6.07, 6.45) is 2.48. The van der Waals surface area contributed by atoms with Gasteiger partial charge in [-0.05, 0) is 31.0 Å². The van der Waals surface area contributed by atoms with Crippen LogP contribution in [0.25, 0.3) is 0 Å². The average Bonchev–Trinajstić information content (AvgIpc) is 2.17. The fraction of sp³-hybridized carbons (Fsp3) is 0.364. The second-order valence-corrected chi connectivity index (χ2v) is 5.31. The SMILES string of the molecule is O=C(CCCCBr)c1ccc(Br)cc1Cl. The largest absolute Gasteiger partial charge is 0.294 e. The van der Waals surface area contributed by atoms with Gasteiger partial charge in [0.2, 0.25) is 0 Å². The second-order valence-electron chi connectivity index (χ2n) is 3.19. The van der Waals surface area contributed by atoms with E-state index < -0.39 is 0 Å². The van der Waals surface area contributed by atoms with Gasteiger partial charge in [0.15, 0.2) is 5.78 Å². The maximum Gasteiger partial charge on any atom is 0.164 e. The average molecular weight is 354 g/mol. The molecular formula is C11H11Br2ClO. The highest BCUT2D eigenvalue weighted by Gasteiger charge is 2.09. The molecule has 0 saturated heterocycles. The highest BCUT2D eigenvalue weighted by Crippen LogP contribution is 2.23. The molecule has 0 aliphatic rings. The van der Waals surface area contributed by atoms with Crippen molar-refractivity contribution in [3.05, 3.63) is 33.3 Å². The molecule has 82 valence electrons. The standard InChI is InChI=1S/C11H11Br2ClO/c12-6-2-1-3-11(15)9-5-4-8(13)7-10(9)14/h4-5,7H,1-3,6H2. The summed E-state index contributed by atoms with van der Waals surface area (Å²) in [5, 5.41) is 1.46. The van der Waals surface area contributed by atoms with Crippen molar-refractivity contribution in [3.63, 3.8) is 0 Å². The molecule has 0 radical (unpaired) electrons. The van der Waals surface area contributed by atoms with Crippen LogP contribution in [0.15, 0.2) is 22.7 Å². The van der Waals surface area contributed by atoms with E-state index in [0.29, 0.717) is 17.0 Å². The Morgan fingerprint density at radius 2 is 2.07 bits per heavy atom. The van der Waals surface area contributed by atoms with Crippen LogP contribution < -0.4 is 0 Å². The third-order valence-electron chi connectivity index (χ3n) is 2.02. The van der Waals surface area contributed by atoms with E-state index in [2.05, 4.69) is 31.9 Å². The zero-order valence-corrected chi connectivity index (χ0v) is 12.0. The van der Waals surface area contributed by atoms with Gasteiger partial charge in [-0.15, -0.1) is 0 Å². The molecule has 1 rings (SSSR count). The van der Waals surface area contributed by atoms with Crippen molar-refractivity contribution < 1.29 is 4.79 Å². The van der Waals surface area contributed by atoms with E-state index in [1.165, 1.54) is 0 Å². The van der Waals surface area contributed by atoms with Crippen molar-refractivity contribution in [2.75, 3.05) is 5.33 Å². The molecule has 0 amide bonds. The van der Waals surface area contributed by atoms with Gasteiger partial charge in [-0.25, -0.2) is 0 Å². The summed E-state index contributed by atoms with van der Waals surface area (Å²) in [5.41, 5.74) is 0.620. The zero-order chi connectivity index (χ0) is 11.3. The first kappa shape index (κ1) is 13.2. The lowest BCUT2D eigenvalue weighted by Crippen LogP contribution is -2.00. The summed E-state index contributed by atoms with van der Waals surface area (Å²) in [6, 6.07) is 5.35. The van der Waals surface area contributed by atoms with E-state index >= 15 is 0 Å². The number of carbonyl (C=O) groups is 1. The van der Waals surface area contributed by atoms with Crippen molar-refractivity contribution in [1.29, 1.82) is 0 Å². The molecule has 0 heterocycles. The molecular weight excluding hydrogens is 343 g/mol. The molecule has 0 spiro atoms. The van der Waals surface area contributed by atoms with Gasteiger partial charge < -0.3 is 0 Å². The minimum absolute atomic E-state index is 0.119. The van der Waals surface area contributed by atoms with E-state index in [0.717, 1.165) is 22.6 Å². The van der Waals surface area contributed by atoms with Gasteiger partial charge in [-0.2, -0.15) is 0 Å². The molecule has 0 saturated carbocycles. The van der Waals surface area contributed by atoms with Crippen LogP contribution in [-0.2, 0) is 0 Å². The number of ketones is 1. The summed E-state index contributed by atoms with van der Waals surface area (Å²) in [5.74, 6) is 0.119. The Hall–Kier alpha value is 0.140. The van der Waals surface area contributed by atoms with Crippen molar-refractivity contribution >= 4 is 49.2 Å². The molecule has 0 atom stereocenters. The summed E-state index contributed by atoms with van der Waals surface area (Å²) in [6.45, 7) is 0. The lowest BCUT2D eigenvalue weighted by Gasteiger charge is -2.03. The van der Waals surface area contributed by atoms with Crippen molar-refractivity contribution in [1.82, 2.24) is 0 Å². The zero-order valence-electron chi connectivity index (χ0n) is 8.10. The number of hydrogen-bond acceptors (Lipinski definition) is 1. The summed E-state index contributed by atoms with van der Waals surface area (Å²) < 4.78 is 0.893. The number of Topliss-reactive ketones (excluding diaryl/α,β-unsaturated/α-hetero) is 1. The molecule has 1 nitrogen and oxygen atoms in total. The van der Waals surface area contributed by atoms with Crippen molar-refractivity contribution in [3.8, 4) is 0 Å². The van der Waals surface area contributed by atoms with Crippen LogP contribution in [0.4, 0.5) is 0 Å². The third-order valence-corrected chi connectivity index (χ3v) is 3.39. The van der Waals surface area contributed by atoms with Crippen LogP contribution in [-0.4, -0.2) is 11.1 Å². The predicted octanol–water partition coefficient (Wildman–Crippen LogP) is 4.85. The Morgan fingerprint density at radius 1 is 1.33 bits per heavy atom. The van der Waals surface area contributed by atoms with Gasteiger partial charge in [0.05, 0.1) is 5.02 Å². The van der Waals surface area contributed by atoms with Crippen molar-refractivity contribution in [2.45, 2.75) is 19.3 Å². The first-order valence-electron chi connectivity index (χ1n) is 4.69. The van der Waals surface area contributed by atoms with Crippen molar-refractivity contribution in [2.24, 2.45) is 0 Å². The van der Waals surface area contributed by atoms with E-state index in [9.17, 15) is 4.79 Å². The Kier molecular flexibility index (Phi) is 5.87. The maximum atomic E-state index is 11.7. The minimum Gasteiger partial charge on any atom is -0.294 e. The Labute approximate surface area is 111 Å². The predicted molar refractivity (Wildman–Crippen MR) is 71.1 cm³/mol. The van der Waals surface area contributed by atoms with Crippen LogP contribution in [0, 0.1) is 0 Å². The van der Waals surface area contributed by atoms with Gasteiger partial charge in [0, 0.05) is 21.8 Å². The van der Waals surface area contributed by atoms with Gasteiger partial charge in [-0.1, -0.05) is 43.5 Å². The summed E-state index contributed by atoms with van der Waals surface area (Å²) >= 11 is 12.6. The maximum absolute atomic E-state index is 11.7. The number of benzene rings is 1. The Bertz CT molecular complexity index is 352. The molecule has 0 aliphatic heterocycles. The summed E-state index contributed by atoms with van der Waals surface area (Å²) in [7, 11) is 0. The highest BCUT2D eigenvalue weighted by atomic mass is 79.9. The molecule has 0 N–H and O–H groups in total. The molecule has 4 heteroatoms. The highest BCUT2D eigenvalue weighted by molar-refractivity contribution is 9.10. The fourth-order valence-corrected chi connectivity index (χ4v) is 2.41.